The van der Waals surface area contributed by atoms with E-state index < -0.39 is 0 Å². The summed E-state index contributed by atoms with van der Waals surface area (Å²) in [5.41, 5.74) is 2.78. The maximum absolute atomic E-state index is 9.57. The monoisotopic (exact) mass is 247 g/mol. The minimum Gasteiger partial charge on any atom is -0.508 e. The third-order valence-electron chi connectivity index (χ3n) is 2.87. The molecule has 2 aromatic rings. The van der Waals surface area contributed by atoms with Crippen LogP contribution in [0.3, 0.4) is 0 Å². The number of aliphatic hydroxyl groups is 1. The van der Waals surface area contributed by atoms with Crippen molar-refractivity contribution in [2.75, 3.05) is 5.32 Å². The van der Waals surface area contributed by atoms with Crippen LogP contribution >= 0.6 is 0 Å². The van der Waals surface area contributed by atoms with Crippen molar-refractivity contribution in [2.45, 2.75) is 27.0 Å². The maximum atomic E-state index is 9.57. The van der Waals surface area contributed by atoms with Crippen molar-refractivity contribution in [1.82, 2.24) is 0 Å². The van der Waals surface area contributed by atoms with E-state index in [9.17, 15) is 5.11 Å². The Balaban J connectivity index is 2.08. The first-order chi connectivity index (χ1) is 8.60. The van der Waals surface area contributed by atoms with Gasteiger partial charge < -0.3 is 19.9 Å². The average molecular weight is 247 g/mol. The lowest BCUT2D eigenvalue weighted by molar-refractivity contribution is 0.244. The van der Waals surface area contributed by atoms with Crippen LogP contribution in [0.1, 0.15) is 22.6 Å². The first-order valence-corrected chi connectivity index (χ1v) is 5.82. The lowest BCUT2D eigenvalue weighted by atomic mass is 10.1. The fraction of sp³-hybridized carbons (Fsp3) is 0.286. The number of hydrogen-bond acceptors (Lipinski definition) is 4. The van der Waals surface area contributed by atoms with Gasteiger partial charge in [0.25, 0.3) is 0 Å². The molecule has 1 aromatic carbocycles. The van der Waals surface area contributed by atoms with E-state index in [-0.39, 0.29) is 6.61 Å². The van der Waals surface area contributed by atoms with Crippen LogP contribution in [0.25, 0.3) is 0 Å². The normalized spacial score (nSPS) is 10.6. The van der Waals surface area contributed by atoms with E-state index in [0.29, 0.717) is 18.1 Å². The van der Waals surface area contributed by atoms with Crippen molar-refractivity contribution in [3.8, 4) is 5.75 Å². The summed E-state index contributed by atoms with van der Waals surface area (Å²) < 4.78 is 5.39. The Kier molecular flexibility index (Phi) is 3.58. The fourth-order valence-corrected chi connectivity index (χ4v) is 1.78. The molecule has 18 heavy (non-hydrogen) atoms. The number of phenols is 1. The summed E-state index contributed by atoms with van der Waals surface area (Å²) in [6.07, 6.45) is 0. The van der Waals surface area contributed by atoms with Crippen LogP contribution in [0.4, 0.5) is 5.69 Å². The number of rotatable bonds is 4. The van der Waals surface area contributed by atoms with Gasteiger partial charge >= 0.3 is 0 Å². The van der Waals surface area contributed by atoms with Crippen LogP contribution in [-0.2, 0) is 13.2 Å². The van der Waals surface area contributed by atoms with E-state index >= 15 is 0 Å². The molecule has 0 aliphatic heterocycles. The molecule has 1 aromatic heterocycles. The molecule has 0 atom stereocenters. The predicted octanol–water partition coefficient (Wildman–Crippen LogP) is 2.71. The number of furan rings is 1. The van der Waals surface area contributed by atoms with Crippen molar-refractivity contribution >= 4 is 5.69 Å². The summed E-state index contributed by atoms with van der Waals surface area (Å²) in [5, 5.41) is 21.7. The minimum atomic E-state index is -0.0860. The summed E-state index contributed by atoms with van der Waals surface area (Å²) in [4.78, 5) is 0. The zero-order valence-electron chi connectivity index (χ0n) is 10.5. The summed E-state index contributed by atoms with van der Waals surface area (Å²) in [7, 11) is 0. The van der Waals surface area contributed by atoms with E-state index in [0.717, 1.165) is 22.6 Å². The summed E-state index contributed by atoms with van der Waals surface area (Å²) in [5.74, 6) is 1.63. The smallest absolute Gasteiger partial charge is 0.129 e. The van der Waals surface area contributed by atoms with E-state index in [4.69, 9.17) is 9.52 Å². The Labute approximate surface area is 106 Å². The molecule has 0 saturated heterocycles. The number of nitrogens with one attached hydrogen (secondary N) is 1. The molecule has 0 aliphatic carbocycles. The molecule has 4 nitrogen and oxygen atoms in total. The van der Waals surface area contributed by atoms with Gasteiger partial charge in [-0.15, -0.1) is 0 Å². The van der Waals surface area contributed by atoms with Gasteiger partial charge in [-0.3, -0.25) is 0 Å². The summed E-state index contributed by atoms with van der Waals surface area (Å²) in [6, 6.07) is 7.23. The van der Waals surface area contributed by atoms with Crippen LogP contribution in [0.2, 0.25) is 0 Å². The lowest BCUT2D eigenvalue weighted by Crippen LogP contribution is -2.00. The summed E-state index contributed by atoms with van der Waals surface area (Å²) >= 11 is 0. The highest BCUT2D eigenvalue weighted by Gasteiger charge is 2.05. The Morgan fingerprint density at radius 2 is 1.83 bits per heavy atom. The molecule has 3 N–H and O–H groups in total. The van der Waals surface area contributed by atoms with Gasteiger partial charge in [0.2, 0.25) is 0 Å². The van der Waals surface area contributed by atoms with Crippen LogP contribution in [0, 0.1) is 13.8 Å². The average Bonchev–Trinajstić information content (AvgIpc) is 2.80. The Hall–Kier alpha value is -1.94. The fourth-order valence-electron chi connectivity index (χ4n) is 1.78. The second-order valence-electron chi connectivity index (χ2n) is 4.33. The number of benzene rings is 1. The van der Waals surface area contributed by atoms with Gasteiger partial charge in [0, 0.05) is 5.69 Å². The van der Waals surface area contributed by atoms with Gasteiger partial charge in [-0.05, 0) is 49.2 Å². The van der Waals surface area contributed by atoms with Crippen LogP contribution in [0.15, 0.2) is 28.7 Å². The zero-order valence-corrected chi connectivity index (χ0v) is 10.5. The van der Waals surface area contributed by atoms with Gasteiger partial charge in [0.15, 0.2) is 0 Å². The van der Waals surface area contributed by atoms with Gasteiger partial charge in [-0.1, -0.05) is 0 Å². The van der Waals surface area contributed by atoms with Crippen LogP contribution < -0.4 is 5.32 Å². The zero-order chi connectivity index (χ0) is 13.1. The number of aryl methyl sites for hydroxylation is 2. The molecule has 1 heterocycles. The molecular formula is C14H17NO3. The Bertz CT molecular complexity index is 546. The highest BCUT2D eigenvalue weighted by Crippen LogP contribution is 2.25. The number of phenolic OH excluding ortho intramolecular Hbond substituents is 1. The molecular weight excluding hydrogens is 230 g/mol. The predicted molar refractivity (Wildman–Crippen MR) is 69.5 cm³/mol. The van der Waals surface area contributed by atoms with Crippen molar-refractivity contribution < 1.29 is 14.6 Å². The van der Waals surface area contributed by atoms with Crippen molar-refractivity contribution in [3.63, 3.8) is 0 Å². The van der Waals surface area contributed by atoms with E-state index in [1.807, 2.05) is 26.0 Å². The third-order valence-corrected chi connectivity index (χ3v) is 2.87. The standard InChI is InChI=1S/C14H17NO3/c1-9-6-14(17)10(2)5-13(9)15-7-11-3-4-12(8-16)18-11/h3-6,15-17H,7-8H2,1-2H3. The van der Waals surface area contributed by atoms with E-state index in [1.54, 1.807) is 12.1 Å². The minimum absolute atomic E-state index is 0.0860. The number of aliphatic hydroxyl groups excluding tert-OH is 1. The van der Waals surface area contributed by atoms with Crippen LogP contribution in [-0.4, -0.2) is 10.2 Å². The number of anilines is 1. The largest absolute Gasteiger partial charge is 0.508 e. The van der Waals surface area contributed by atoms with E-state index in [1.165, 1.54) is 0 Å². The molecule has 0 aliphatic rings. The van der Waals surface area contributed by atoms with Gasteiger partial charge in [-0.25, -0.2) is 0 Å². The van der Waals surface area contributed by atoms with Crippen molar-refractivity contribution in [3.05, 3.63) is 46.9 Å². The van der Waals surface area contributed by atoms with Gasteiger partial charge in [0.1, 0.15) is 23.9 Å². The van der Waals surface area contributed by atoms with Crippen LogP contribution in [0.5, 0.6) is 5.75 Å². The highest BCUT2D eigenvalue weighted by molar-refractivity contribution is 5.56. The molecule has 96 valence electrons. The number of aromatic hydroxyl groups is 1. The van der Waals surface area contributed by atoms with E-state index in [2.05, 4.69) is 5.32 Å². The van der Waals surface area contributed by atoms with Gasteiger partial charge in [0.05, 0.1) is 6.54 Å². The molecule has 0 unspecified atom stereocenters. The highest BCUT2D eigenvalue weighted by atomic mass is 16.4. The first-order valence-electron chi connectivity index (χ1n) is 5.82. The second-order valence-corrected chi connectivity index (χ2v) is 4.33. The molecule has 0 radical (unpaired) electrons. The Morgan fingerprint density at radius 1 is 1.11 bits per heavy atom. The van der Waals surface area contributed by atoms with Crippen molar-refractivity contribution in [1.29, 1.82) is 0 Å². The third kappa shape index (κ3) is 2.65. The SMILES string of the molecule is Cc1cc(NCc2ccc(CO)o2)c(C)cc1O. The molecule has 0 bridgehead atoms. The second kappa shape index (κ2) is 5.14. The lowest BCUT2D eigenvalue weighted by Gasteiger charge is -2.10. The molecule has 2 rings (SSSR count). The van der Waals surface area contributed by atoms with Gasteiger partial charge in [-0.2, -0.15) is 0 Å². The molecule has 4 heteroatoms. The first kappa shape index (κ1) is 12.5. The molecule has 0 spiro atoms. The summed E-state index contributed by atoms with van der Waals surface area (Å²) in [6.45, 7) is 4.25. The quantitative estimate of drug-likeness (QED) is 0.727. The molecule has 0 fully saturated rings. The molecule has 0 saturated carbocycles. The number of hydrogen-bond donors (Lipinski definition) is 3. The topological polar surface area (TPSA) is 65.6 Å². The maximum Gasteiger partial charge on any atom is 0.129 e. The molecule has 0 amide bonds. The van der Waals surface area contributed by atoms with Crippen molar-refractivity contribution in [2.24, 2.45) is 0 Å². The Morgan fingerprint density at radius 3 is 2.50 bits per heavy atom.